The molecule has 0 aliphatic carbocycles. The van der Waals surface area contributed by atoms with Gasteiger partial charge in [0.15, 0.2) is 9.84 Å². The number of hydrogen-bond donors (Lipinski definition) is 1. The van der Waals surface area contributed by atoms with E-state index in [9.17, 15) is 13.2 Å². The first-order valence-electron chi connectivity index (χ1n) is 4.26. The van der Waals surface area contributed by atoms with Gasteiger partial charge in [-0.25, -0.2) is 23.2 Å². The largest absolute Gasteiger partial charge is 0.475 e. The van der Waals surface area contributed by atoms with Crippen LogP contribution in [0.4, 0.5) is 0 Å². The van der Waals surface area contributed by atoms with Crippen LogP contribution in [0.15, 0.2) is 6.20 Å². The predicted molar refractivity (Wildman–Crippen MR) is 50.2 cm³/mol. The van der Waals surface area contributed by atoms with Crippen LogP contribution < -0.4 is 0 Å². The van der Waals surface area contributed by atoms with E-state index in [0.29, 0.717) is 11.3 Å². The molecule has 0 aromatic carbocycles. The molecule has 1 aromatic heterocycles. The minimum Gasteiger partial charge on any atom is -0.475 e. The molecule has 1 aliphatic heterocycles. The van der Waals surface area contributed by atoms with Gasteiger partial charge in [0, 0.05) is 23.9 Å². The zero-order chi connectivity index (χ0) is 11.1. The minimum absolute atomic E-state index is 0.0239. The third kappa shape index (κ3) is 1.96. The summed E-state index contributed by atoms with van der Waals surface area (Å²) in [5.74, 6) is -1.56. The van der Waals surface area contributed by atoms with Crippen molar-refractivity contribution in [3.63, 3.8) is 0 Å². The van der Waals surface area contributed by atoms with Gasteiger partial charge in [-0.15, -0.1) is 0 Å². The Labute approximate surface area is 85.9 Å². The van der Waals surface area contributed by atoms with Crippen LogP contribution in [0.2, 0.25) is 0 Å². The molecule has 0 fully saturated rings. The third-order valence-corrected chi connectivity index (χ3v) is 3.75. The summed E-state index contributed by atoms with van der Waals surface area (Å²) in [6, 6.07) is 0. The second-order valence-corrected chi connectivity index (χ2v) is 5.50. The van der Waals surface area contributed by atoms with Crippen molar-refractivity contribution in [2.45, 2.75) is 12.2 Å². The molecule has 0 spiro atoms. The summed E-state index contributed by atoms with van der Waals surface area (Å²) >= 11 is 0. The Morgan fingerprint density at radius 3 is 2.87 bits per heavy atom. The van der Waals surface area contributed by atoms with Crippen LogP contribution in [0.3, 0.4) is 0 Å². The highest BCUT2D eigenvalue weighted by molar-refractivity contribution is 7.90. The summed E-state index contributed by atoms with van der Waals surface area (Å²) in [4.78, 5) is 18.0. The number of aryl methyl sites for hydroxylation is 1. The fourth-order valence-electron chi connectivity index (χ4n) is 1.44. The Kier molecular flexibility index (Phi) is 2.18. The average molecular weight is 228 g/mol. The number of fused-ring (bicyclic) bond motifs is 1. The Bertz CT molecular complexity index is 523. The summed E-state index contributed by atoms with van der Waals surface area (Å²) in [7, 11) is -3.06. The first-order chi connectivity index (χ1) is 6.98. The lowest BCUT2D eigenvalue weighted by Crippen LogP contribution is -2.21. The summed E-state index contributed by atoms with van der Waals surface area (Å²) in [6.07, 6.45) is 1.54. The molecule has 2 heterocycles. The molecule has 1 aromatic rings. The van der Waals surface area contributed by atoms with Crippen molar-refractivity contribution < 1.29 is 18.3 Å². The summed E-state index contributed by atoms with van der Waals surface area (Å²) < 4.78 is 22.5. The molecule has 0 radical (unpaired) electrons. The maximum atomic E-state index is 11.3. The molecule has 2 rings (SSSR count). The van der Waals surface area contributed by atoms with Gasteiger partial charge in [-0.1, -0.05) is 0 Å². The van der Waals surface area contributed by atoms with Crippen molar-refractivity contribution in [2.75, 3.05) is 5.75 Å². The van der Waals surface area contributed by atoms with E-state index in [1.54, 1.807) is 0 Å². The first kappa shape index (κ1) is 10.0. The first-order valence-corrected chi connectivity index (χ1v) is 6.08. The van der Waals surface area contributed by atoms with Crippen molar-refractivity contribution in [1.82, 2.24) is 9.97 Å². The number of carbonyl (C=O) groups is 1. The number of nitrogens with zero attached hydrogens (tertiary/aromatic N) is 2. The zero-order valence-corrected chi connectivity index (χ0v) is 8.49. The zero-order valence-electron chi connectivity index (χ0n) is 7.67. The number of aromatic nitrogens is 2. The number of carboxylic acid groups (broad SMARTS) is 1. The van der Waals surface area contributed by atoms with Crippen molar-refractivity contribution in [1.29, 1.82) is 0 Å². The van der Waals surface area contributed by atoms with Crippen molar-refractivity contribution in [3.8, 4) is 0 Å². The Balaban J connectivity index is 2.45. The van der Waals surface area contributed by atoms with Gasteiger partial charge in [-0.3, -0.25) is 0 Å². The molecule has 1 aliphatic rings. The molecule has 7 heteroatoms. The van der Waals surface area contributed by atoms with Gasteiger partial charge in [0.05, 0.1) is 11.5 Å². The lowest BCUT2D eigenvalue weighted by atomic mass is 10.2. The van der Waals surface area contributed by atoms with Crippen LogP contribution in [0.1, 0.15) is 21.9 Å². The number of sulfone groups is 1. The van der Waals surface area contributed by atoms with E-state index in [4.69, 9.17) is 5.11 Å². The van der Waals surface area contributed by atoms with Crippen molar-refractivity contribution in [3.05, 3.63) is 23.3 Å². The summed E-state index contributed by atoms with van der Waals surface area (Å²) in [5, 5.41) is 8.65. The molecule has 15 heavy (non-hydrogen) atoms. The molecule has 0 saturated carbocycles. The lowest BCUT2D eigenvalue weighted by Gasteiger charge is -2.14. The van der Waals surface area contributed by atoms with Crippen LogP contribution in [0.25, 0.3) is 0 Å². The molecule has 0 saturated heterocycles. The van der Waals surface area contributed by atoms with Crippen molar-refractivity contribution >= 4 is 15.8 Å². The van der Waals surface area contributed by atoms with E-state index in [1.807, 2.05) is 0 Å². The summed E-state index contributed by atoms with van der Waals surface area (Å²) in [5.41, 5.74) is 1.03. The summed E-state index contributed by atoms with van der Waals surface area (Å²) in [6.45, 7) is 0. The molecule has 80 valence electrons. The fourth-order valence-corrected chi connectivity index (χ4v) is 2.81. The number of carboxylic acids is 1. The highest BCUT2D eigenvalue weighted by Gasteiger charge is 2.23. The highest BCUT2D eigenvalue weighted by Crippen LogP contribution is 2.17. The van der Waals surface area contributed by atoms with E-state index in [2.05, 4.69) is 9.97 Å². The smallest absolute Gasteiger partial charge is 0.373 e. The van der Waals surface area contributed by atoms with Gasteiger partial charge in [0.2, 0.25) is 5.82 Å². The van der Waals surface area contributed by atoms with E-state index in [-0.39, 0.29) is 23.8 Å². The van der Waals surface area contributed by atoms with Crippen LogP contribution in [0, 0.1) is 0 Å². The molecule has 0 amide bonds. The Morgan fingerprint density at radius 2 is 2.20 bits per heavy atom. The normalized spacial score (nSPS) is 18.1. The Hall–Kier alpha value is -1.50. The molecular formula is C8H8N2O4S. The van der Waals surface area contributed by atoms with E-state index >= 15 is 0 Å². The second-order valence-electron chi connectivity index (χ2n) is 3.31. The Morgan fingerprint density at radius 1 is 1.47 bits per heavy atom. The van der Waals surface area contributed by atoms with Gasteiger partial charge in [0.25, 0.3) is 0 Å². The van der Waals surface area contributed by atoms with Gasteiger partial charge < -0.3 is 5.11 Å². The quantitative estimate of drug-likeness (QED) is 0.705. The fraction of sp³-hybridized carbons (Fsp3) is 0.375. The average Bonchev–Trinajstić information content (AvgIpc) is 2.15. The second kappa shape index (κ2) is 3.27. The number of hydrogen-bond acceptors (Lipinski definition) is 5. The van der Waals surface area contributed by atoms with Gasteiger partial charge in [-0.2, -0.15) is 0 Å². The van der Waals surface area contributed by atoms with E-state index in [0.717, 1.165) is 0 Å². The third-order valence-electron chi connectivity index (χ3n) is 2.17. The number of aromatic carboxylic acids is 1. The van der Waals surface area contributed by atoms with Crippen LogP contribution in [0.5, 0.6) is 0 Å². The van der Waals surface area contributed by atoms with E-state index in [1.165, 1.54) is 6.20 Å². The molecule has 0 atom stereocenters. The van der Waals surface area contributed by atoms with Gasteiger partial charge >= 0.3 is 5.97 Å². The maximum absolute atomic E-state index is 11.3. The maximum Gasteiger partial charge on any atom is 0.373 e. The van der Waals surface area contributed by atoms with Crippen LogP contribution in [-0.4, -0.2) is 35.2 Å². The van der Waals surface area contributed by atoms with Crippen LogP contribution >= 0.6 is 0 Å². The van der Waals surface area contributed by atoms with Gasteiger partial charge in [0.1, 0.15) is 0 Å². The van der Waals surface area contributed by atoms with Crippen molar-refractivity contribution in [2.24, 2.45) is 0 Å². The highest BCUT2D eigenvalue weighted by atomic mass is 32.2. The van der Waals surface area contributed by atoms with Crippen LogP contribution in [-0.2, 0) is 22.0 Å². The molecular weight excluding hydrogens is 220 g/mol. The number of rotatable bonds is 1. The standard InChI is InChI=1S/C8H8N2O4S/c11-8(12)7-9-3-5-4-15(13,14)2-1-6(5)10-7/h3H,1-2,4H2,(H,11,12). The monoisotopic (exact) mass is 228 g/mol. The predicted octanol–water partition coefficient (Wildman–Crippen LogP) is -0.354. The molecule has 1 N–H and O–H groups in total. The van der Waals surface area contributed by atoms with Gasteiger partial charge in [-0.05, 0) is 0 Å². The SMILES string of the molecule is O=C(O)c1ncc2c(n1)CCS(=O)(=O)C2. The lowest BCUT2D eigenvalue weighted by molar-refractivity contribution is 0.0683. The minimum atomic E-state index is -3.06. The molecule has 0 bridgehead atoms. The molecule has 0 unspecified atom stereocenters. The molecule has 6 nitrogen and oxygen atoms in total. The topological polar surface area (TPSA) is 97.2 Å². The van der Waals surface area contributed by atoms with E-state index < -0.39 is 15.8 Å².